The molecular weight excluding hydrogens is 429 g/mol. The number of nitrogens with one attached hydrogen (secondary N) is 1. The smallest absolute Gasteiger partial charge is 0.337 e. The molecule has 0 atom stereocenters. The molecular formula is C22H19F3N2O3S. The lowest BCUT2D eigenvalue weighted by Gasteiger charge is -2.17. The summed E-state index contributed by atoms with van der Waals surface area (Å²) in [6, 6.07) is 18.5. The number of hydrogen-bond acceptors (Lipinski definition) is 3. The summed E-state index contributed by atoms with van der Waals surface area (Å²) in [5.74, 6) is -0.293. The molecule has 9 heteroatoms. The number of anilines is 1. The third-order valence-corrected chi connectivity index (χ3v) is 5.86. The Bertz CT molecular complexity index is 1160. The number of sulfonamides is 1. The second kappa shape index (κ2) is 8.81. The Morgan fingerprint density at radius 2 is 1.58 bits per heavy atom. The third kappa shape index (κ3) is 5.64. The van der Waals surface area contributed by atoms with E-state index in [9.17, 15) is 26.4 Å². The summed E-state index contributed by atoms with van der Waals surface area (Å²) in [6.07, 6.45) is -4.59. The first-order valence-corrected chi connectivity index (χ1v) is 10.6. The van der Waals surface area contributed by atoms with Crippen molar-refractivity contribution in [1.29, 1.82) is 0 Å². The number of alkyl halides is 3. The van der Waals surface area contributed by atoms with Crippen molar-refractivity contribution < 1.29 is 26.4 Å². The van der Waals surface area contributed by atoms with Crippen molar-refractivity contribution in [2.75, 3.05) is 11.8 Å². The van der Waals surface area contributed by atoms with Gasteiger partial charge >= 0.3 is 6.18 Å². The molecule has 0 saturated heterocycles. The molecule has 0 saturated carbocycles. The first-order valence-electron chi connectivity index (χ1n) is 9.16. The van der Waals surface area contributed by atoms with Crippen molar-refractivity contribution in [2.45, 2.75) is 17.6 Å². The molecule has 162 valence electrons. The van der Waals surface area contributed by atoms with Crippen molar-refractivity contribution >= 4 is 21.6 Å². The minimum Gasteiger partial charge on any atom is -0.337 e. The Kier molecular flexibility index (Phi) is 6.35. The first kappa shape index (κ1) is 22.4. The molecule has 0 unspecified atom stereocenters. The molecule has 1 N–H and O–H groups in total. The average molecular weight is 448 g/mol. The number of rotatable bonds is 6. The molecule has 0 aromatic heterocycles. The van der Waals surface area contributed by atoms with Gasteiger partial charge in [-0.15, -0.1) is 0 Å². The van der Waals surface area contributed by atoms with Gasteiger partial charge < -0.3 is 4.90 Å². The molecule has 1 amide bonds. The second-order valence-corrected chi connectivity index (χ2v) is 8.54. The lowest BCUT2D eigenvalue weighted by Crippen LogP contribution is -2.26. The standard InChI is InChI=1S/C22H19F3N2O3S/c1-27(15-16-6-3-2-4-7-16)21(28)17-10-12-20(13-11-17)31(29,30)26-19-9-5-8-18(14-19)22(23,24)25/h2-14,26H,15H2,1H3. The highest BCUT2D eigenvalue weighted by Crippen LogP contribution is 2.31. The molecule has 0 aliphatic carbocycles. The lowest BCUT2D eigenvalue weighted by atomic mass is 10.1. The number of benzene rings is 3. The van der Waals surface area contributed by atoms with Gasteiger partial charge in [-0.05, 0) is 48.0 Å². The Hall–Kier alpha value is -3.33. The fraction of sp³-hybridized carbons (Fsp3) is 0.136. The third-order valence-electron chi connectivity index (χ3n) is 4.46. The zero-order valence-electron chi connectivity index (χ0n) is 16.4. The van der Waals surface area contributed by atoms with Crippen LogP contribution in [-0.2, 0) is 22.7 Å². The number of hydrogen-bond donors (Lipinski definition) is 1. The van der Waals surface area contributed by atoms with Gasteiger partial charge in [-0.3, -0.25) is 9.52 Å². The maximum Gasteiger partial charge on any atom is 0.416 e. The van der Waals surface area contributed by atoms with Crippen molar-refractivity contribution in [2.24, 2.45) is 0 Å². The van der Waals surface area contributed by atoms with E-state index < -0.39 is 21.8 Å². The van der Waals surface area contributed by atoms with E-state index >= 15 is 0 Å². The van der Waals surface area contributed by atoms with Crippen LogP contribution in [-0.4, -0.2) is 26.3 Å². The van der Waals surface area contributed by atoms with E-state index in [0.717, 1.165) is 17.7 Å². The van der Waals surface area contributed by atoms with Gasteiger partial charge in [0.05, 0.1) is 10.5 Å². The van der Waals surface area contributed by atoms with Crippen LogP contribution in [0.4, 0.5) is 18.9 Å². The van der Waals surface area contributed by atoms with Crippen LogP contribution >= 0.6 is 0 Å². The van der Waals surface area contributed by atoms with Crippen LogP contribution in [0.15, 0.2) is 83.8 Å². The van der Waals surface area contributed by atoms with Crippen molar-refractivity contribution in [3.63, 3.8) is 0 Å². The minimum atomic E-state index is -4.59. The van der Waals surface area contributed by atoms with E-state index in [-0.39, 0.29) is 22.1 Å². The highest BCUT2D eigenvalue weighted by Gasteiger charge is 2.30. The van der Waals surface area contributed by atoms with Crippen LogP contribution in [0.5, 0.6) is 0 Å². The Labute approximate surface area is 178 Å². The van der Waals surface area contributed by atoms with Gasteiger partial charge in [0.25, 0.3) is 15.9 Å². The molecule has 0 aliphatic rings. The SMILES string of the molecule is CN(Cc1ccccc1)C(=O)c1ccc(S(=O)(=O)Nc2cccc(C(F)(F)F)c2)cc1. The van der Waals surface area contributed by atoms with Gasteiger partial charge in [0, 0.05) is 24.8 Å². The average Bonchev–Trinajstić information content (AvgIpc) is 2.73. The summed E-state index contributed by atoms with van der Waals surface area (Å²) < 4.78 is 65.7. The maximum absolute atomic E-state index is 12.8. The summed E-state index contributed by atoms with van der Waals surface area (Å²) in [6.45, 7) is 0.386. The van der Waals surface area contributed by atoms with Crippen LogP contribution in [0.3, 0.4) is 0 Å². The highest BCUT2D eigenvalue weighted by molar-refractivity contribution is 7.92. The van der Waals surface area contributed by atoms with Crippen molar-refractivity contribution in [3.05, 3.63) is 95.6 Å². The molecule has 0 aliphatic heterocycles. The van der Waals surface area contributed by atoms with Crippen LogP contribution < -0.4 is 4.72 Å². The second-order valence-electron chi connectivity index (χ2n) is 6.86. The first-order chi connectivity index (χ1) is 14.6. The van der Waals surface area contributed by atoms with Crippen LogP contribution in [0.25, 0.3) is 0 Å². The number of nitrogens with zero attached hydrogens (tertiary/aromatic N) is 1. The van der Waals surface area contributed by atoms with Crippen LogP contribution in [0.2, 0.25) is 0 Å². The van der Waals surface area contributed by atoms with Gasteiger partial charge in [-0.1, -0.05) is 36.4 Å². The molecule has 0 spiro atoms. The minimum absolute atomic E-state index is 0.174. The molecule has 0 bridgehead atoms. The van der Waals surface area contributed by atoms with E-state index in [1.54, 1.807) is 7.05 Å². The summed E-state index contributed by atoms with van der Waals surface area (Å²) in [7, 11) is -2.49. The number of halogens is 3. The summed E-state index contributed by atoms with van der Waals surface area (Å²) in [5, 5.41) is 0. The molecule has 31 heavy (non-hydrogen) atoms. The molecule has 3 aromatic rings. The Morgan fingerprint density at radius 3 is 2.19 bits per heavy atom. The summed E-state index contributed by atoms with van der Waals surface area (Å²) >= 11 is 0. The summed E-state index contributed by atoms with van der Waals surface area (Å²) in [5.41, 5.74) is 0.0620. The van der Waals surface area contributed by atoms with Gasteiger partial charge in [-0.2, -0.15) is 13.2 Å². The summed E-state index contributed by atoms with van der Waals surface area (Å²) in [4.78, 5) is 13.9. The fourth-order valence-electron chi connectivity index (χ4n) is 2.90. The van der Waals surface area contributed by atoms with Crippen molar-refractivity contribution in [3.8, 4) is 0 Å². The van der Waals surface area contributed by atoms with E-state index in [1.807, 2.05) is 30.3 Å². The van der Waals surface area contributed by atoms with Crippen LogP contribution in [0.1, 0.15) is 21.5 Å². The lowest BCUT2D eigenvalue weighted by molar-refractivity contribution is -0.137. The topological polar surface area (TPSA) is 66.5 Å². The zero-order chi connectivity index (χ0) is 22.6. The fourth-order valence-corrected chi connectivity index (χ4v) is 3.95. The quantitative estimate of drug-likeness (QED) is 0.590. The monoisotopic (exact) mass is 448 g/mol. The molecule has 0 heterocycles. The predicted octanol–water partition coefficient (Wildman–Crippen LogP) is 4.78. The zero-order valence-corrected chi connectivity index (χ0v) is 17.2. The number of carbonyl (C=O) groups is 1. The van der Waals surface area contributed by atoms with Crippen molar-refractivity contribution in [1.82, 2.24) is 4.90 Å². The Balaban J connectivity index is 1.73. The van der Waals surface area contributed by atoms with Gasteiger partial charge in [0.2, 0.25) is 0 Å². The van der Waals surface area contributed by atoms with E-state index in [0.29, 0.717) is 12.6 Å². The normalized spacial score (nSPS) is 11.7. The molecule has 5 nitrogen and oxygen atoms in total. The van der Waals surface area contributed by atoms with Crippen LogP contribution in [0, 0.1) is 0 Å². The van der Waals surface area contributed by atoms with Gasteiger partial charge in [0.1, 0.15) is 0 Å². The largest absolute Gasteiger partial charge is 0.416 e. The molecule has 0 fully saturated rings. The van der Waals surface area contributed by atoms with E-state index in [2.05, 4.69) is 4.72 Å². The molecule has 0 radical (unpaired) electrons. The Morgan fingerprint density at radius 1 is 0.935 bits per heavy atom. The predicted molar refractivity (Wildman–Crippen MR) is 111 cm³/mol. The molecule has 3 rings (SSSR count). The number of carbonyl (C=O) groups excluding carboxylic acids is 1. The van der Waals surface area contributed by atoms with Gasteiger partial charge in [0.15, 0.2) is 0 Å². The maximum atomic E-state index is 12.8. The van der Waals surface area contributed by atoms with E-state index in [1.165, 1.54) is 35.2 Å². The van der Waals surface area contributed by atoms with E-state index in [4.69, 9.17) is 0 Å². The number of amides is 1. The molecule has 3 aromatic carbocycles. The highest BCUT2D eigenvalue weighted by atomic mass is 32.2. The van der Waals surface area contributed by atoms with Gasteiger partial charge in [-0.25, -0.2) is 8.42 Å².